The van der Waals surface area contributed by atoms with Gasteiger partial charge in [-0.1, -0.05) is 72.4 Å². The number of hydrogen-bond donors (Lipinski definition) is 3. The molecule has 0 spiro atoms. The topological polar surface area (TPSA) is 182 Å². The van der Waals surface area contributed by atoms with Gasteiger partial charge in [0.1, 0.15) is 22.9 Å². The van der Waals surface area contributed by atoms with Gasteiger partial charge in [-0.2, -0.15) is 5.10 Å². The van der Waals surface area contributed by atoms with Gasteiger partial charge in [0.05, 0.1) is 11.6 Å². The molecule has 0 aliphatic carbocycles. The number of thioether (sulfide) groups is 2. The summed E-state index contributed by atoms with van der Waals surface area (Å²) in [5.41, 5.74) is 8.06. The van der Waals surface area contributed by atoms with E-state index in [4.69, 9.17) is 15.2 Å². The summed E-state index contributed by atoms with van der Waals surface area (Å²) in [6, 6.07) is 17.6. The van der Waals surface area contributed by atoms with Crippen LogP contribution < -0.4 is 11.1 Å². The molecule has 4 aromatic rings. The SMILES string of the molecule is CC(=O)OCC(=O)NC1C(=O)N2C(C(=O)OC(c3ccccc3)c3ccccc3)=C(Sc3nc(N)c4cn[nH]c4n3)CS[C@H]12. The van der Waals surface area contributed by atoms with Gasteiger partial charge in [-0.25, -0.2) is 14.8 Å². The molecule has 44 heavy (non-hydrogen) atoms. The number of rotatable bonds is 9. The van der Waals surface area contributed by atoms with Crippen molar-refractivity contribution in [2.45, 2.75) is 29.6 Å². The molecule has 1 fully saturated rings. The van der Waals surface area contributed by atoms with Gasteiger partial charge in [0.25, 0.3) is 11.8 Å². The average molecular weight is 632 g/mol. The first-order valence-electron chi connectivity index (χ1n) is 13.4. The molecule has 0 saturated carbocycles. The molecule has 2 aromatic carbocycles. The first-order valence-corrected chi connectivity index (χ1v) is 15.2. The number of aromatic amines is 1. The van der Waals surface area contributed by atoms with Gasteiger partial charge in [0.15, 0.2) is 23.5 Å². The lowest BCUT2D eigenvalue weighted by atomic mass is 10.0. The first-order chi connectivity index (χ1) is 21.3. The first kappa shape index (κ1) is 29.2. The Morgan fingerprint density at radius 3 is 2.45 bits per heavy atom. The number of carbonyl (C=O) groups excluding carboxylic acids is 4. The van der Waals surface area contributed by atoms with E-state index in [1.165, 1.54) is 29.8 Å². The quantitative estimate of drug-likeness (QED) is 0.140. The Labute approximate surface area is 259 Å². The third kappa shape index (κ3) is 5.83. The van der Waals surface area contributed by atoms with E-state index >= 15 is 0 Å². The Balaban J connectivity index is 1.34. The molecular weight excluding hydrogens is 606 g/mol. The molecule has 4 N–H and O–H groups in total. The number of benzene rings is 2. The van der Waals surface area contributed by atoms with Crippen LogP contribution in [0.1, 0.15) is 24.2 Å². The van der Waals surface area contributed by atoms with Crippen LogP contribution in [0.4, 0.5) is 5.82 Å². The van der Waals surface area contributed by atoms with Crippen molar-refractivity contribution >= 4 is 64.1 Å². The van der Waals surface area contributed by atoms with Crippen molar-refractivity contribution in [2.24, 2.45) is 0 Å². The second-order valence-electron chi connectivity index (χ2n) is 9.74. The van der Waals surface area contributed by atoms with Crippen molar-refractivity contribution < 1.29 is 28.7 Å². The normalized spacial score (nSPS) is 17.7. The van der Waals surface area contributed by atoms with Gasteiger partial charge in [-0.3, -0.25) is 24.4 Å². The van der Waals surface area contributed by atoms with E-state index in [1.807, 2.05) is 60.7 Å². The fraction of sp³-hybridized carbons (Fsp3) is 0.207. The van der Waals surface area contributed by atoms with Crippen molar-refractivity contribution in [3.05, 3.63) is 88.6 Å². The number of nitrogens with two attached hydrogens (primary N) is 1. The van der Waals surface area contributed by atoms with Gasteiger partial charge < -0.3 is 20.5 Å². The average Bonchev–Trinajstić information content (AvgIpc) is 3.51. The number of ether oxygens (including phenoxy) is 2. The fourth-order valence-corrected chi connectivity index (χ4v) is 7.19. The minimum Gasteiger partial charge on any atom is -0.456 e. The molecule has 0 bridgehead atoms. The molecule has 2 aromatic heterocycles. The summed E-state index contributed by atoms with van der Waals surface area (Å²) < 4.78 is 10.9. The van der Waals surface area contributed by atoms with Crippen LogP contribution in [0.25, 0.3) is 11.0 Å². The van der Waals surface area contributed by atoms with Crippen LogP contribution in [0, 0.1) is 0 Å². The zero-order chi connectivity index (χ0) is 30.8. The maximum Gasteiger partial charge on any atom is 0.356 e. The second kappa shape index (κ2) is 12.4. The molecule has 13 nitrogen and oxygen atoms in total. The summed E-state index contributed by atoms with van der Waals surface area (Å²) in [4.78, 5) is 61.7. The maximum absolute atomic E-state index is 14.1. The molecule has 2 aliphatic heterocycles. The second-order valence-corrected chi connectivity index (χ2v) is 11.9. The molecule has 2 atom stereocenters. The van der Waals surface area contributed by atoms with E-state index in [1.54, 1.807) is 0 Å². The van der Waals surface area contributed by atoms with Crippen molar-refractivity contribution in [1.82, 2.24) is 30.4 Å². The van der Waals surface area contributed by atoms with E-state index in [0.717, 1.165) is 22.9 Å². The highest BCUT2D eigenvalue weighted by atomic mass is 32.2. The summed E-state index contributed by atoms with van der Waals surface area (Å²) in [6.07, 6.45) is 0.755. The zero-order valence-corrected chi connectivity index (χ0v) is 24.8. The minimum absolute atomic E-state index is 0.0259. The number of nitrogens with one attached hydrogen (secondary N) is 2. The fourth-order valence-electron chi connectivity index (χ4n) is 4.78. The molecular formula is C29H25N7O6S2. The molecule has 2 amide bonds. The number of β-lactam (4-membered cyclic amide) rings is 1. The number of anilines is 1. The summed E-state index contributed by atoms with van der Waals surface area (Å²) in [7, 11) is 0. The predicted octanol–water partition coefficient (Wildman–Crippen LogP) is 2.53. The Kier molecular flexibility index (Phi) is 8.21. The number of esters is 2. The number of nitrogen functional groups attached to an aromatic ring is 1. The molecule has 2 aliphatic rings. The van der Waals surface area contributed by atoms with Crippen LogP contribution in [0.5, 0.6) is 0 Å². The van der Waals surface area contributed by atoms with Crippen molar-refractivity contribution in [2.75, 3.05) is 18.1 Å². The van der Waals surface area contributed by atoms with Crippen LogP contribution in [-0.2, 0) is 28.7 Å². The standard InChI is InChI=1S/C29H25N7O6S2/c1-15(37)41-13-20(38)32-21-26(39)36-22(28(40)42-23(16-8-4-2-5-9-16)17-10-6-3-7-11-17)19(14-43-27(21)36)44-29-33-24(30)18-12-31-35-25(18)34-29/h2-12,21,23,27H,13-14H2,1H3,(H,32,38)(H3,30,31,33,34,35)/t21?,27-/m1/s1. The zero-order valence-electron chi connectivity index (χ0n) is 23.1. The monoisotopic (exact) mass is 631 g/mol. The smallest absolute Gasteiger partial charge is 0.356 e. The Bertz CT molecular complexity index is 1740. The van der Waals surface area contributed by atoms with Crippen LogP contribution in [-0.4, -0.2) is 72.6 Å². The molecule has 6 rings (SSSR count). The molecule has 4 heterocycles. The van der Waals surface area contributed by atoms with Gasteiger partial charge in [0.2, 0.25) is 0 Å². The van der Waals surface area contributed by atoms with E-state index in [0.29, 0.717) is 15.9 Å². The highest BCUT2D eigenvalue weighted by Crippen LogP contribution is 2.45. The summed E-state index contributed by atoms with van der Waals surface area (Å²) in [5.74, 6) is -2.00. The summed E-state index contributed by atoms with van der Waals surface area (Å²) >= 11 is 2.44. The van der Waals surface area contributed by atoms with E-state index in [2.05, 4.69) is 25.5 Å². The van der Waals surface area contributed by atoms with Crippen LogP contribution in [0.3, 0.4) is 0 Å². The third-order valence-corrected chi connectivity index (χ3v) is 9.22. The highest BCUT2D eigenvalue weighted by molar-refractivity contribution is 8.06. The van der Waals surface area contributed by atoms with Gasteiger partial charge in [0, 0.05) is 17.6 Å². The Hall–Kier alpha value is -4.89. The Morgan fingerprint density at radius 2 is 1.80 bits per heavy atom. The van der Waals surface area contributed by atoms with E-state index in [-0.39, 0.29) is 22.4 Å². The maximum atomic E-state index is 14.1. The third-order valence-electron chi connectivity index (χ3n) is 6.81. The van der Waals surface area contributed by atoms with Crippen molar-refractivity contribution in [1.29, 1.82) is 0 Å². The van der Waals surface area contributed by atoms with Crippen LogP contribution >= 0.6 is 23.5 Å². The summed E-state index contributed by atoms with van der Waals surface area (Å²) in [5, 5.41) is 9.54. The summed E-state index contributed by atoms with van der Waals surface area (Å²) in [6.45, 7) is 0.662. The Morgan fingerprint density at radius 1 is 1.11 bits per heavy atom. The largest absolute Gasteiger partial charge is 0.456 e. The number of hydrogen-bond acceptors (Lipinski definition) is 12. The predicted molar refractivity (Wildman–Crippen MR) is 161 cm³/mol. The van der Waals surface area contributed by atoms with Gasteiger partial charge in [-0.05, 0) is 11.1 Å². The van der Waals surface area contributed by atoms with E-state index in [9.17, 15) is 19.2 Å². The number of amides is 2. The minimum atomic E-state index is -0.926. The number of fused-ring (bicyclic) bond motifs is 2. The number of carbonyl (C=O) groups is 4. The van der Waals surface area contributed by atoms with Gasteiger partial charge >= 0.3 is 11.9 Å². The molecule has 1 saturated heterocycles. The molecule has 0 radical (unpaired) electrons. The van der Waals surface area contributed by atoms with E-state index < -0.39 is 47.9 Å². The van der Waals surface area contributed by atoms with Crippen LogP contribution in [0.15, 0.2) is 82.6 Å². The van der Waals surface area contributed by atoms with Gasteiger partial charge in [-0.15, -0.1) is 11.8 Å². The number of aromatic nitrogens is 4. The lowest BCUT2D eigenvalue weighted by Gasteiger charge is -2.49. The lowest BCUT2D eigenvalue weighted by molar-refractivity contribution is -0.155. The number of nitrogens with zero attached hydrogens (tertiary/aromatic N) is 4. The molecule has 224 valence electrons. The molecule has 15 heteroatoms. The van der Waals surface area contributed by atoms with Crippen molar-refractivity contribution in [3.8, 4) is 0 Å². The van der Waals surface area contributed by atoms with Crippen LogP contribution in [0.2, 0.25) is 0 Å². The molecule has 1 unspecified atom stereocenters. The number of H-pyrrole nitrogens is 1. The van der Waals surface area contributed by atoms with Crippen molar-refractivity contribution in [3.63, 3.8) is 0 Å². The highest BCUT2D eigenvalue weighted by Gasteiger charge is 2.55. The lowest BCUT2D eigenvalue weighted by Crippen LogP contribution is -2.70.